The van der Waals surface area contributed by atoms with Crippen LogP contribution < -0.4 is 10.6 Å². The van der Waals surface area contributed by atoms with Gasteiger partial charge in [-0.05, 0) is 6.42 Å². The molecule has 0 aromatic heterocycles. The number of halogens is 2. The Kier molecular flexibility index (Phi) is 4.10. The fourth-order valence-corrected chi connectivity index (χ4v) is 2.39. The van der Waals surface area contributed by atoms with Crippen LogP contribution in [0.2, 0.25) is 10.0 Å². The number of hydrogen-bond acceptors (Lipinski definition) is 5. The maximum Gasteiger partial charge on any atom is 0.272 e. The first kappa shape index (κ1) is 14.5. The van der Waals surface area contributed by atoms with Crippen LogP contribution in [0, 0.1) is 10.1 Å². The Balaban J connectivity index is 2.23. The van der Waals surface area contributed by atoms with E-state index in [1.54, 1.807) is 0 Å². The van der Waals surface area contributed by atoms with Crippen LogP contribution >= 0.6 is 23.2 Å². The van der Waals surface area contributed by atoms with E-state index >= 15 is 0 Å². The number of carbonyl (C=O) groups excluding carboxylic acids is 2. The van der Waals surface area contributed by atoms with Crippen molar-refractivity contribution < 1.29 is 14.5 Å². The lowest BCUT2D eigenvalue weighted by molar-refractivity contribution is -0.384. The minimum atomic E-state index is -0.663. The SMILES string of the molecule is O=C1CCC(Nc2c(Cl)cc([N+](=O)[O-])cc2Cl)C(=O)N1. The number of anilines is 1. The number of nitrogens with one attached hydrogen (secondary N) is 2. The molecule has 20 heavy (non-hydrogen) atoms. The highest BCUT2D eigenvalue weighted by molar-refractivity contribution is 6.39. The molecule has 1 aliphatic rings. The Morgan fingerprint density at radius 3 is 2.40 bits per heavy atom. The van der Waals surface area contributed by atoms with Gasteiger partial charge in [-0.3, -0.25) is 25.0 Å². The predicted octanol–water partition coefficient (Wildman–Crippen LogP) is 2.12. The van der Waals surface area contributed by atoms with Gasteiger partial charge in [0, 0.05) is 18.6 Å². The topological polar surface area (TPSA) is 101 Å². The van der Waals surface area contributed by atoms with E-state index in [9.17, 15) is 19.7 Å². The van der Waals surface area contributed by atoms with Crippen LogP contribution in [0.15, 0.2) is 12.1 Å². The first-order valence-electron chi connectivity index (χ1n) is 5.62. The molecule has 9 heteroatoms. The molecular formula is C11H9Cl2N3O4. The van der Waals surface area contributed by atoms with Crippen molar-refractivity contribution in [2.24, 2.45) is 0 Å². The van der Waals surface area contributed by atoms with E-state index < -0.39 is 16.9 Å². The monoisotopic (exact) mass is 317 g/mol. The zero-order valence-corrected chi connectivity index (χ0v) is 11.5. The summed E-state index contributed by atoms with van der Waals surface area (Å²) in [6, 6.07) is 1.62. The molecule has 2 N–H and O–H groups in total. The van der Waals surface area contributed by atoms with Crippen molar-refractivity contribution in [2.75, 3.05) is 5.32 Å². The lowest BCUT2D eigenvalue weighted by atomic mass is 10.1. The lowest BCUT2D eigenvalue weighted by Gasteiger charge is -2.23. The van der Waals surface area contributed by atoms with E-state index in [1.807, 2.05) is 0 Å². The van der Waals surface area contributed by atoms with E-state index in [4.69, 9.17) is 23.2 Å². The van der Waals surface area contributed by atoms with Crippen molar-refractivity contribution in [1.29, 1.82) is 0 Å². The maximum absolute atomic E-state index is 11.6. The number of nitrogens with zero attached hydrogens (tertiary/aromatic N) is 1. The van der Waals surface area contributed by atoms with E-state index in [0.29, 0.717) is 6.42 Å². The van der Waals surface area contributed by atoms with Crippen LogP contribution in [0.3, 0.4) is 0 Å². The third kappa shape index (κ3) is 3.00. The van der Waals surface area contributed by atoms with Gasteiger partial charge in [-0.25, -0.2) is 0 Å². The fraction of sp³-hybridized carbons (Fsp3) is 0.273. The fourth-order valence-electron chi connectivity index (χ4n) is 1.81. The Hall–Kier alpha value is -1.86. The number of imide groups is 1. The molecule has 1 unspecified atom stereocenters. The number of nitro benzene ring substituents is 1. The van der Waals surface area contributed by atoms with Gasteiger partial charge in [-0.2, -0.15) is 0 Å². The Morgan fingerprint density at radius 1 is 1.30 bits per heavy atom. The molecule has 1 aromatic carbocycles. The van der Waals surface area contributed by atoms with Crippen LogP contribution in [0.4, 0.5) is 11.4 Å². The summed E-state index contributed by atoms with van der Waals surface area (Å²) in [5.41, 5.74) is -0.0118. The molecule has 106 valence electrons. The number of nitro groups is 1. The minimum absolute atomic E-state index is 0.0360. The van der Waals surface area contributed by atoms with Crippen LogP contribution in [-0.4, -0.2) is 22.8 Å². The molecule has 0 aliphatic carbocycles. The van der Waals surface area contributed by atoms with Crippen LogP contribution in [0.1, 0.15) is 12.8 Å². The highest BCUT2D eigenvalue weighted by Gasteiger charge is 2.28. The zero-order valence-electron chi connectivity index (χ0n) is 9.98. The molecule has 1 fully saturated rings. The lowest BCUT2D eigenvalue weighted by Crippen LogP contribution is -2.47. The molecule has 7 nitrogen and oxygen atoms in total. The van der Waals surface area contributed by atoms with Gasteiger partial charge in [0.2, 0.25) is 11.8 Å². The number of amides is 2. The highest BCUT2D eigenvalue weighted by atomic mass is 35.5. The zero-order chi connectivity index (χ0) is 14.9. The molecule has 0 saturated carbocycles. The molecule has 2 amide bonds. The number of piperidine rings is 1. The average molecular weight is 318 g/mol. The number of hydrogen-bond donors (Lipinski definition) is 2. The summed E-state index contributed by atoms with van der Waals surface area (Å²) in [7, 11) is 0. The van der Waals surface area contributed by atoms with Crippen molar-refractivity contribution in [3.05, 3.63) is 32.3 Å². The number of rotatable bonds is 3. The minimum Gasteiger partial charge on any atom is -0.371 e. The molecule has 1 aliphatic heterocycles. The molecule has 0 bridgehead atoms. The van der Waals surface area contributed by atoms with Crippen molar-refractivity contribution in [3.63, 3.8) is 0 Å². The third-order valence-corrected chi connectivity index (χ3v) is 3.39. The van der Waals surface area contributed by atoms with Gasteiger partial charge in [0.25, 0.3) is 5.69 Å². The highest BCUT2D eigenvalue weighted by Crippen LogP contribution is 2.35. The van der Waals surface area contributed by atoms with Gasteiger partial charge in [-0.15, -0.1) is 0 Å². The molecule has 2 rings (SSSR count). The summed E-state index contributed by atoms with van der Waals surface area (Å²) >= 11 is 11.8. The average Bonchev–Trinajstić information content (AvgIpc) is 2.35. The number of carbonyl (C=O) groups is 2. The Labute approximate surface area is 123 Å². The van der Waals surface area contributed by atoms with Crippen molar-refractivity contribution in [2.45, 2.75) is 18.9 Å². The molecular weight excluding hydrogens is 309 g/mol. The Morgan fingerprint density at radius 2 is 1.90 bits per heavy atom. The van der Waals surface area contributed by atoms with E-state index in [0.717, 1.165) is 12.1 Å². The summed E-state index contributed by atoms with van der Waals surface area (Å²) in [6.07, 6.45) is 0.500. The molecule has 1 atom stereocenters. The summed E-state index contributed by atoms with van der Waals surface area (Å²) in [6.45, 7) is 0. The molecule has 0 radical (unpaired) electrons. The summed E-state index contributed by atoms with van der Waals surface area (Å²) in [4.78, 5) is 32.7. The van der Waals surface area contributed by atoms with E-state index in [-0.39, 0.29) is 33.7 Å². The van der Waals surface area contributed by atoms with E-state index in [1.165, 1.54) is 0 Å². The second kappa shape index (κ2) is 5.64. The predicted molar refractivity (Wildman–Crippen MR) is 72.9 cm³/mol. The van der Waals surface area contributed by atoms with Gasteiger partial charge >= 0.3 is 0 Å². The summed E-state index contributed by atoms with van der Waals surface area (Å²) in [5.74, 6) is -0.819. The molecule has 0 spiro atoms. The quantitative estimate of drug-likeness (QED) is 0.505. The normalized spacial score (nSPS) is 18.6. The molecule has 1 heterocycles. The van der Waals surface area contributed by atoms with Crippen molar-refractivity contribution >= 4 is 46.4 Å². The second-order valence-electron chi connectivity index (χ2n) is 4.19. The van der Waals surface area contributed by atoms with Crippen LogP contribution in [0.5, 0.6) is 0 Å². The summed E-state index contributed by atoms with van der Waals surface area (Å²) < 4.78 is 0. The first-order chi connectivity index (χ1) is 9.38. The number of non-ortho nitro benzene ring substituents is 1. The van der Waals surface area contributed by atoms with E-state index in [2.05, 4.69) is 10.6 Å². The Bertz CT molecular complexity index is 582. The first-order valence-corrected chi connectivity index (χ1v) is 6.37. The largest absolute Gasteiger partial charge is 0.371 e. The second-order valence-corrected chi connectivity index (χ2v) is 5.00. The van der Waals surface area contributed by atoms with Crippen LogP contribution in [-0.2, 0) is 9.59 Å². The van der Waals surface area contributed by atoms with Crippen molar-refractivity contribution in [3.8, 4) is 0 Å². The van der Waals surface area contributed by atoms with Gasteiger partial charge in [0.1, 0.15) is 6.04 Å². The third-order valence-electron chi connectivity index (χ3n) is 2.80. The number of benzene rings is 1. The smallest absolute Gasteiger partial charge is 0.272 e. The molecule has 1 aromatic rings. The van der Waals surface area contributed by atoms with Gasteiger partial charge < -0.3 is 5.32 Å². The van der Waals surface area contributed by atoms with Gasteiger partial charge in [0.15, 0.2) is 0 Å². The van der Waals surface area contributed by atoms with Crippen molar-refractivity contribution in [1.82, 2.24) is 5.32 Å². The van der Waals surface area contributed by atoms with Gasteiger partial charge in [0.05, 0.1) is 20.7 Å². The van der Waals surface area contributed by atoms with Crippen LogP contribution in [0.25, 0.3) is 0 Å². The maximum atomic E-state index is 11.6. The van der Waals surface area contributed by atoms with Gasteiger partial charge in [-0.1, -0.05) is 23.2 Å². The molecule has 1 saturated heterocycles. The summed E-state index contributed by atoms with van der Waals surface area (Å²) in [5, 5.41) is 15.7. The standard InChI is InChI=1S/C11H9Cl2N3O4/c12-6-3-5(16(19)20)4-7(13)10(6)14-8-1-2-9(17)15-11(8)18/h3-4,8,14H,1-2H2,(H,15,17,18).